The third-order valence-electron chi connectivity index (χ3n) is 4.24. The van der Waals surface area contributed by atoms with E-state index in [0.717, 1.165) is 4.90 Å². The van der Waals surface area contributed by atoms with Crippen molar-refractivity contribution in [2.24, 2.45) is 0 Å². The first-order chi connectivity index (χ1) is 14.4. The van der Waals surface area contributed by atoms with Gasteiger partial charge in [0, 0.05) is 5.56 Å². The molecule has 30 heavy (non-hydrogen) atoms. The number of imide groups is 1. The molecule has 2 aromatic carbocycles. The number of carbonyl (C=O) groups excluding carboxylic acids is 2. The van der Waals surface area contributed by atoms with Gasteiger partial charge in [0.05, 0.1) is 17.6 Å². The quantitative estimate of drug-likeness (QED) is 0.343. The van der Waals surface area contributed by atoms with Crippen molar-refractivity contribution in [1.82, 2.24) is 10.2 Å². The molecule has 6 nitrogen and oxygen atoms in total. The summed E-state index contributed by atoms with van der Waals surface area (Å²) in [5, 5.41) is 2.54. The minimum Gasteiger partial charge on any atom is -0.490 e. The molecule has 0 spiro atoms. The van der Waals surface area contributed by atoms with Gasteiger partial charge in [0.15, 0.2) is 11.5 Å². The van der Waals surface area contributed by atoms with Crippen molar-refractivity contribution in [1.29, 1.82) is 0 Å². The molecular weight excluding hydrogens is 455 g/mol. The fourth-order valence-electron chi connectivity index (χ4n) is 2.90. The summed E-state index contributed by atoms with van der Waals surface area (Å²) in [5.41, 5.74) is 0.963. The van der Waals surface area contributed by atoms with Crippen LogP contribution in [0.5, 0.6) is 11.5 Å². The van der Waals surface area contributed by atoms with Gasteiger partial charge in [-0.3, -0.25) is 9.69 Å². The number of halogens is 2. The summed E-state index contributed by atoms with van der Waals surface area (Å²) < 4.78 is 25.8. The van der Waals surface area contributed by atoms with Crippen molar-refractivity contribution >= 4 is 33.9 Å². The van der Waals surface area contributed by atoms with Crippen molar-refractivity contribution in [3.8, 4) is 11.5 Å². The Morgan fingerprint density at radius 2 is 2.00 bits per heavy atom. The van der Waals surface area contributed by atoms with Gasteiger partial charge in [0.2, 0.25) is 0 Å². The summed E-state index contributed by atoms with van der Waals surface area (Å²) in [5.74, 6) is -0.0114. The summed E-state index contributed by atoms with van der Waals surface area (Å²) in [7, 11) is 0. The average molecular weight is 475 g/mol. The van der Waals surface area contributed by atoms with Crippen LogP contribution in [0.1, 0.15) is 18.1 Å². The molecule has 3 rings (SSSR count). The van der Waals surface area contributed by atoms with E-state index in [0.29, 0.717) is 34.7 Å². The number of rotatable bonds is 8. The van der Waals surface area contributed by atoms with Crippen molar-refractivity contribution in [3.05, 3.63) is 76.2 Å². The SMILES string of the molecule is C=CCOc1c(Br)cc(C=C2NC(=O)N(Cc3ccccc3F)C2=O)cc1OCC. The average Bonchev–Trinajstić information content (AvgIpc) is 2.96. The Kier molecular flexibility index (Phi) is 6.89. The van der Waals surface area contributed by atoms with E-state index in [1.54, 1.807) is 30.3 Å². The molecule has 0 bridgehead atoms. The van der Waals surface area contributed by atoms with Gasteiger partial charge in [-0.15, -0.1) is 0 Å². The number of hydrogen-bond donors (Lipinski definition) is 1. The van der Waals surface area contributed by atoms with E-state index in [4.69, 9.17) is 9.47 Å². The molecule has 3 amide bonds. The minimum absolute atomic E-state index is 0.0884. The molecule has 2 aromatic rings. The molecule has 156 valence electrons. The molecule has 0 atom stereocenters. The lowest BCUT2D eigenvalue weighted by atomic mass is 10.1. The van der Waals surface area contributed by atoms with Crippen LogP contribution in [0.3, 0.4) is 0 Å². The Bertz CT molecular complexity index is 1020. The van der Waals surface area contributed by atoms with E-state index in [1.165, 1.54) is 18.2 Å². The number of amides is 3. The fourth-order valence-corrected chi connectivity index (χ4v) is 3.47. The predicted molar refractivity (Wildman–Crippen MR) is 114 cm³/mol. The lowest BCUT2D eigenvalue weighted by Crippen LogP contribution is -2.30. The smallest absolute Gasteiger partial charge is 0.329 e. The number of carbonyl (C=O) groups is 2. The Balaban J connectivity index is 1.87. The molecule has 0 unspecified atom stereocenters. The lowest BCUT2D eigenvalue weighted by Gasteiger charge is -2.14. The second kappa shape index (κ2) is 9.58. The van der Waals surface area contributed by atoms with Gasteiger partial charge in [0.1, 0.15) is 18.1 Å². The summed E-state index contributed by atoms with van der Waals surface area (Å²) in [4.78, 5) is 26.0. The Hall–Kier alpha value is -3.13. The van der Waals surface area contributed by atoms with E-state index >= 15 is 0 Å². The van der Waals surface area contributed by atoms with Crippen LogP contribution in [0.25, 0.3) is 6.08 Å². The van der Waals surface area contributed by atoms with Gasteiger partial charge >= 0.3 is 6.03 Å². The first kappa shape index (κ1) is 21.6. The van der Waals surface area contributed by atoms with E-state index in [2.05, 4.69) is 27.8 Å². The van der Waals surface area contributed by atoms with Gasteiger partial charge in [-0.25, -0.2) is 9.18 Å². The van der Waals surface area contributed by atoms with Crippen LogP contribution in [0.4, 0.5) is 9.18 Å². The summed E-state index contributed by atoms with van der Waals surface area (Å²) in [6.45, 7) is 6.04. The van der Waals surface area contributed by atoms with Crippen molar-refractivity contribution < 1.29 is 23.5 Å². The van der Waals surface area contributed by atoms with E-state index < -0.39 is 17.8 Å². The van der Waals surface area contributed by atoms with E-state index in [-0.39, 0.29) is 17.8 Å². The summed E-state index contributed by atoms with van der Waals surface area (Å²) in [6.07, 6.45) is 3.15. The van der Waals surface area contributed by atoms with Crippen LogP contribution in [-0.2, 0) is 11.3 Å². The number of urea groups is 1. The van der Waals surface area contributed by atoms with E-state index in [1.807, 2.05) is 6.92 Å². The molecule has 8 heteroatoms. The van der Waals surface area contributed by atoms with Gasteiger partial charge in [-0.2, -0.15) is 0 Å². The summed E-state index contributed by atoms with van der Waals surface area (Å²) in [6, 6.07) is 8.86. The minimum atomic E-state index is -0.607. The highest BCUT2D eigenvalue weighted by atomic mass is 79.9. The van der Waals surface area contributed by atoms with Crippen molar-refractivity contribution in [2.45, 2.75) is 13.5 Å². The first-order valence-corrected chi connectivity index (χ1v) is 10.0. The monoisotopic (exact) mass is 474 g/mol. The molecule has 0 saturated carbocycles. The molecule has 1 aliphatic rings. The highest BCUT2D eigenvalue weighted by molar-refractivity contribution is 9.10. The Morgan fingerprint density at radius 3 is 2.70 bits per heavy atom. The Labute approximate surface area is 182 Å². The highest BCUT2D eigenvalue weighted by Gasteiger charge is 2.34. The third kappa shape index (κ3) is 4.71. The molecule has 0 aromatic heterocycles. The maximum Gasteiger partial charge on any atom is 0.329 e. The van der Waals surface area contributed by atoms with Crippen LogP contribution in [0.15, 0.2) is 59.2 Å². The molecule has 0 radical (unpaired) electrons. The highest BCUT2D eigenvalue weighted by Crippen LogP contribution is 2.37. The van der Waals surface area contributed by atoms with Gasteiger partial charge in [-0.05, 0) is 52.7 Å². The topological polar surface area (TPSA) is 67.9 Å². The second-order valence-corrected chi connectivity index (χ2v) is 7.19. The molecule has 1 N–H and O–H groups in total. The third-order valence-corrected chi connectivity index (χ3v) is 4.83. The molecule has 1 fully saturated rings. The largest absolute Gasteiger partial charge is 0.490 e. The molecule has 1 heterocycles. The van der Waals surface area contributed by atoms with Gasteiger partial charge < -0.3 is 14.8 Å². The molecular formula is C22H20BrFN2O4. The molecule has 1 saturated heterocycles. The van der Waals surface area contributed by atoms with Crippen LogP contribution in [0.2, 0.25) is 0 Å². The first-order valence-electron chi connectivity index (χ1n) is 9.22. The number of nitrogens with zero attached hydrogens (tertiary/aromatic N) is 1. The maximum absolute atomic E-state index is 13.9. The van der Waals surface area contributed by atoms with Crippen LogP contribution < -0.4 is 14.8 Å². The molecule has 1 aliphatic heterocycles. The number of benzene rings is 2. The molecule has 0 aliphatic carbocycles. The zero-order valence-electron chi connectivity index (χ0n) is 16.3. The lowest BCUT2D eigenvalue weighted by molar-refractivity contribution is -0.123. The van der Waals surface area contributed by atoms with Crippen LogP contribution in [0, 0.1) is 5.82 Å². The van der Waals surface area contributed by atoms with E-state index in [9.17, 15) is 14.0 Å². The van der Waals surface area contributed by atoms with Gasteiger partial charge in [-0.1, -0.05) is 30.9 Å². The Morgan fingerprint density at radius 1 is 1.23 bits per heavy atom. The maximum atomic E-state index is 13.9. The van der Waals surface area contributed by atoms with Crippen LogP contribution in [-0.4, -0.2) is 30.1 Å². The van der Waals surface area contributed by atoms with Crippen molar-refractivity contribution in [2.75, 3.05) is 13.2 Å². The summed E-state index contributed by atoms with van der Waals surface area (Å²) >= 11 is 3.45. The normalized spacial score (nSPS) is 14.8. The van der Waals surface area contributed by atoms with Gasteiger partial charge in [0.25, 0.3) is 5.91 Å². The predicted octanol–water partition coefficient (Wildman–Crippen LogP) is 4.64. The second-order valence-electron chi connectivity index (χ2n) is 6.33. The van der Waals surface area contributed by atoms with Crippen molar-refractivity contribution in [3.63, 3.8) is 0 Å². The number of nitrogens with one attached hydrogen (secondary N) is 1. The number of hydrogen-bond acceptors (Lipinski definition) is 4. The zero-order valence-corrected chi connectivity index (χ0v) is 17.9. The fraction of sp³-hybridized carbons (Fsp3) is 0.182. The number of ether oxygens (including phenoxy) is 2. The van der Waals surface area contributed by atoms with Crippen LogP contribution >= 0.6 is 15.9 Å². The zero-order chi connectivity index (χ0) is 21.7. The standard InChI is InChI=1S/C22H20BrFN2O4/c1-3-9-30-20-16(23)10-14(12-19(20)29-4-2)11-18-21(27)26(22(28)25-18)13-15-7-5-6-8-17(15)24/h3,5-8,10-12H,1,4,9,13H2,2H3,(H,25,28).